The number of nitrogens with zero attached hydrogens (tertiary/aromatic N) is 2. The van der Waals surface area contributed by atoms with Gasteiger partial charge in [-0.05, 0) is 29.1 Å². The minimum atomic E-state index is -0.580. The Hall–Kier alpha value is -2.75. The van der Waals surface area contributed by atoms with Crippen molar-refractivity contribution >= 4 is 67.0 Å². The Morgan fingerprint density at radius 1 is 1.17 bits per heavy atom. The largest absolute Gasteiger partial charge is 0.382 e. The van der Waals surface area contributed by atoms with E-state index in [1.54, 1.807) is 48.0 Å². The number of aromatic nitrogens is 2. The van der Waals surface area contributed by atoms with E-state index in [4.69, 9.17) is 11.6 Å². The van der Waals surface area contributed by atoms with Crippen molar-refractivity contribution in [1.82, 2.24) is 9.97 Å². The van der Waals surface area contributed by atoms with Crippen molar-refractivity contribution < 1.29 is 9.18 Å². The molecule has 154 valence electrons. The summed E-state index contributed by atoms with van der Waals surface area (Å²) in [4.78, 5) is 21.7. The molecular weight excluding hydrogens is 445 g/mol. The number of alkyl halides is 1. The first-order valence-electron chi connectivity index (χ1n) is 9.05. The lowest BCUT2D eigenvalue weighted by Gasteiger charge is -2.08. The molecule has 0 aliphatic carbocycles. The Bertz CT molecular complexity index is 1180. The van der Waals surface area contributed by atoms with Crippen LogP contribution < -0.4 is 16.0 Å². The van der Waals surface area contributed by atoms with Crippen molar-refractivity contribution in [2.75, 3.05) is 22.5 Å². The van der Waals surface area contributed by atoms with E-state index < -0.39 is 12.7 Å². The van der Waals surface area contributed by atoms with Gasteiger partial charge in [0.25, 0.3) is 0 Å². The van der Waals surface area contributed by atoms with Gasteiger partial charge < -0.3 is 10.6 Å². The van der Waals surface area contributed by atoms with Gasteiger partial charge in [0.15, 0.2) is 5.13 Å². The molecule has 0 saturated heterocycles. The van der Waals surface area contributed by atoms with Crippen LogP contribution in [0.15, 0.2) is 48.1 Å². The molecule has 4 rings (SSSR count). The van der Waals surface area contributed by atoms with Crippen LogP contribution in [0.5, 0.6) is 0 Å². The summed E-state index contributed by atoms with van der Waals surface area (Å²) in [6, 6.07) is 8.18. The summed E-state index contributed by atoms with van der Waals surface area (Å²) >= 11 is 9.28. The number of thiophene rings is 1. The summed E-state index contributed by atoms with van der Waals surface area (Å²) in [5, 5.41) is 11.8. The highest BCUT2D eigenvalue weighted by Gasteiger charge is 2.10. The molecule has 0 radical (unpaired) electrons. The fraction of sp³-hybridized carbons (Fsp3) is 0.150. The van der Waals surface area contributed by atoms with Crippen LogP contribution in [0.2, 0.25) is 5.02 Å². The molecule has 1 aromatic carbocycles. The number of rotatable bonds is 7. The zero-order valence-corrected chi connectivity index (χ0v) is 18.0. The van der Waals surface area contributed by atoms with Gasteiger partial charge in [0, 0.05) is 35.9 Å². The van der Waals surface area contributed by atoms with Crippen LogP contribution in [0.25, 0.3) is 10.2 Å². The van der Waals surface area contributed by atoms with Gasteiger partial charge in [-0.15, -0.1) is 22.7 Å². The van der Waals surface area contributed by atoms with Crippen molar-refractivity contribution in [3.05, 3.63) is 63.6 Å². The third-order valence-electron chi connectivity index (χ3n) is 4.21. The van der Waals surface area contributed by atoms with Gasteiger partial charge in [0.2, 0.25) is 0 Å². The molecule has 3 aromatic heterocycles. The van der Waals surface area contributed by atoms with Crippen molar-refractivity contribution in [2.45, 2.75) is 13.1 Å². The van der Waals surface area contributed by atoms with Gasteiger partial charge in [-0.1, -0.05) is 23.7 Å². The molecule has 6 nitrogen and oxygen atoms in total. The van der Waals surface area contributed by atoms with E-state index in [2.05, 4.69) is 25.9 Å². The van der Waals surface area contributed by atoms with E-state index in [9.17, 15) is 9.18 Å². The molecule has 0 fully saturated rings. The summed E-state index contributed by atoms with van der Waals surface area (Å²) in [5.41, 5.74) is 2.83. The first kappa shape index (κ1) is 20.5. The maximum atomic E-state index is 12.7. The van der Waals surface area contributed by atoms with E-state index >= 15 is 0 Å². The minimum Gasteiger partial charge on any atom is -0.382 e. The predicted octanol–water partition coefficient (Wildman–Crippen LogP) is 6.17. The van der Waals surface area contributed by atoms with Gasteiger partial charge in [0.1, 0.15) is 6.67 Å². The summed E-state index contributed by atoms with van der Waals surface area (Å²) in [6.45, 7) is 0.0876. The molecule has 3 N–H and O–H groups in total. The minimum absolute atomic E-state index is 0.423. The number of urea groups is 1. The second kappa shape index (κ2) is 9.38. The van der Waals surface area contributed by atoms with E-state index in [0.717, 1.165) is 27.2 Å². The quantitative estimate of drug-likeness (QED) is 0.307. The highest BCUT2D eigenvalue weighted by atomic mass is 35.5. The summed E-state index contributed by atoms with van der Waals surface area (Å²) in [5.74, 6) is 0. The highest BCUT2D eigenvalue weighted by molar-refractivity contribution is 7.17. The Kier molecular flexibility index (Phi) is 6.41. The van der Waals surface area contributed by atoms with Crippen LogP contribution in [0.3, 0.4) is 0 Å². The molecule has 0 atom stereocenters. The molecule has 0 bridgehead atoms. The number of hydrogen-bond donors (Lipinski definition) is 3. The molecule has 0 saturated carbocycles. The number of thiazole rings is 1. The van der Waals surface area contributed by atoms with Crippen LogP contribution in [-0.4, -0.2) is 22.5 Å². The third-order valence-corrected chi connectivity index (χ3v) is 6.39. The zero-order chi connectivity index (χ0) is 20.9. The number of hydrogen-bond acceptors (Lipinski definition) is 6. The van der Waals surface area contributed by atoms with Gasteiger partial charge in [0.05, 0.1) is 20.9 Å². The number of carbonyl (C=O) groups is 1. The fourth-order valence-electron chi connectivity index (χ4n) is 2.84. The third kappa shape index (κ3) is 4.86. The van der Waals surface area contributed by atoms with Crippen LogP contribution in [0.4, 0.5) is 25.7 Å². The first-order valence-corrected chi connectivity index (χ1v) is 11.1. The number of benzene rings is 1. The predicted molar refractivity (Wildman–Crippen MR) is 123 cm³/mol. The Labute approximate surface area is 185 Å². The first-order chi connectivity index (χ1) is 14.6. The second-order valence-electron chi connectivity index (χ2n) is 6.34. The number of pyridine rings is 1. The molecule has 2 amide bonds. The van der Waals surface area contributed by atoms with E-state index in [-0.39, 0.29) is 0 Å². The van der Waals surface area contributed by atoms with E-state index in [1.807, 2.05) is 11.4 Å². The molecule has 0 spiro atoms. The van der Waals surface area contributed by atoms with Gasteiger partial charge >= 0.3 is 6.03 Å². The maximum Gasteiger partial charge on any atom is 0.325 e. The summed E-state index contributed by atoms with van der Waals surface area (Å²) in [7, 11) is 0. The molecule has 0 aliphatic heterocycles. The molecule has 30 heavy (non-hydrogen) atoms. The highest BCUT2D eigenvalue weighted by Crippen LogP contribution is 2.33. The lowest BCUT2D eigenvalue weighted by Crippen LogP contribution is -2.19. The SMILES string of the molecule is O=C(Nc1cccc(CF)c1)Nc1ncc(CCNc2c(Cl)cnc3ccsc23)s1. The van der Waals surface area contributed by atoms with Gasteiger partial charge in [-0.2, -0.15) is 0 Å². The van der Waals surface area contributed by atoms with Crippen LogP contribution >= 0.6 is 34.3 Å². The van der Waals surface area contributed by atoms with Crippen molar-refractivity contribution in [3.8, 4) is 0 Å². The number of anilines is 3. The Morgan fingerprint density at radius 3 is 2.93 bits per heavy atom. The number of fused-ring (bicyclic) bond motifs is 1. The molecule has 0 aliphatic rings. The zero-order valence-electron chi connectivity index (χ0n) is 15.6. The normalized spacial score (nSPS) is 10.9. The molecule has 3 heterocycles. The van der Waals surface area contributed by atoms with Gasteiger partial charge in [-0.3, -0.25) is 10.3 Å². The average Bonchev–Trinajstić information content (AvgIpc) is 3.39. The fourth-order valence-corrected chi connectivity index (χ4v) is 4.79. The molecule has 4 aromatic rings. The lowest BCUT2D eigenvalue weighted by atomic mass is 10.2. The second-order valence-corrected chi connectivity index (χ2v) is 8.78. The molecular formula is C20H17ClFN5OS2. The van der Waals surface area contributed by atoms with Gasteiger partial charge in [-0.25, -0.2) is 14.2 Å². The maximum absolute atomic E-state index is 12.7. The molecule has 0 unspecified atom stereocenters. The number of nitrogens with one attached hydrogen (secondary N) is 3. The Morgan fingerprint density at radius 2 is 2.07 bits per heavy atom. The Balaban J connectivity index is 1.31. The van der Waals surface area contributed by atoms with Crippen molar-refractivity contribution in [2.24, 2.45) is 0 Å². The smallest absolute Gasteiger partial charge is 0.325 e. The number of carbonyl (C=O) groups excluding carboxylic acids is 1. The van der Waals surface area contributed by atoms with E-state index in [1.165, 1.54) is 11.3 Å². The number of halogens is 2. The average molecular weight is 462 g/mol. The van der Waals surface area contributed by atoms with Crippen LogP contribution in [-0.2, 0) is 13.1 Å². The van der Waals surface area contributed by atoms with Crippen molar-refractivity contribution in [1.29, 1.82) is 0 Å². The van der Waals surface area contributed by atoms with Crippen molar-refractivity contribution in [3.63, 3.8) is 0 Å². The van der Waals surface area contributed by atoms with Crippen LogP contribution in [0.1, 0.15) is 10.4 Å². The van der Waals surface area contributed by atoms with Crippen LogP contribution in [0, 0.1) is 0 Å². The summed E-state index contributed by atoms with van der Waals surface area (Å²) < 4.78 is 13.8. The summed E-state index contributed by atoms with van der Waals surface area (Å²) in [6.07, 6.45) is 4.11. The topological polar surface area (TPSA) is 78.9 Å². The molecule has 10 heteroatoms. The monoisotopic (exact) mass is 461 g/mol. The van der Waals surface area contributed by atoms with E-state index in [0.29, 0.717) is 27.9 Å². The lowest BCUT2D eigenvalue weighted by molar-refractivity contribution is 0.262. The number of amides is 2. The standard InChI is InChI=1S/C20H17ClFN5OS2/c21-15-11-24-16-5-7-29-18(16)17(15)23-6-4-14-10-25-20(30-14)27-19(28)26-13-3-1-2-12(8-13)9-22/h1-3,5,7-8,10-11H,4,6,9H2,(H,23,24)(H2,25,26,27,28).